The number of carboxylic acids is 1. The third-order valence-electron chi connectivity index (χ3n) is 3.69. The number of pyridine rings is 1. The van der Waals surface area contributed by atoms with E-state index < -0.39 is 5.97 Å². The van der Waals surface area contributed by atoms with Crippen molar-refractivity contribution in [1.29, 1.82) is 0 Å². The highest BCUT2D eigenvalue weighted by atomic mass is 16.4. The summed E-state index contributed by atoms with van der Waals surface area (Å²) < 4.78 is 5.21. The quantitative estimate of drug-likeness (QED) is 0.861. The summed E-state index contributed by atoms with van der Waals surface area (Å²) in [6.45, 7) is 1.14. The lowest BCUT2D eigenvalue weighted by Gasteiger charge is -2.30. The van der Waals surface area contributed by atoms with Gasteiger partial charge in [0.05, 0.1) is 0 Å². The van der Waals surface area contributed by atoms with Crippen LogP contribution in [0.5, 0.6) is 0 Å². The lowest BCUT2D eigenvalue weighted by atomic mass is 9.92. The zero-order valence-corrected chi connectivity index (χ0v) is 11.8. The van der Waals surface area contributed by atoms with Crippen molar-refractivity contribution in [2.45, 2.75) is 12.8 Å². The Hall–Kier alpha value is -2.70. The molecule has 1 unspecified atom stereocenters. The molecule has 0 aromatic carbocycles. The molecule has 22 heavy (non-hydrogen) atoms. The number of oxazole rings is 1. The number of carbonyl (C=O) groups is 2. The van der Waals surface area contributed by atoms with E-state index in [4.69, 9.17) is 9.52 Å². The molecule has 0 radical (unpaired) electrons. The van der Waals surface area contributed by atoms with E-state index in [-0.39, 0.29) is 23.4 Å². The first kappa shape index (κ1) is 14.2. The lowest BCUT2D eigenvalue weighted by Crippen LogP contribution is -2.39. The second-order valence-corrected chi connectivity index (χ2v) is 5.18. The van der Waals surface area contributed by atoms with E-state index in [1.807, 2.05) is 0 Å². The van der Waals surface area contributed by atoms with Gasteiger partial charge in [-0.1, -0.05) is 6.07 Å². The van der Waals surface area contributed by atoms with Crippen molar-refractivity contribution in [3.05, 3.63) is 42.0 Å². The minimum atomic E-state index is -1.13. The Balaban J connectivity index is 1.73. The van der Waals surface area contributed by atoms with Crippen LogP contribution in [-0.2, 0) is 0 Å². The summed E-state index contributed by atoms with van der Waals surface area (Å²) >= 11 is 0. The van der Waals surface area contributed by atoms with E-state index in [1.54, 1.807) is 29.3 Å². The summed E-state index contributed by atoms with van der Waals surface area (Å²) in [7, 11) is 0. The molecule has 0 spiro atoms. The van der Waals surface area contributed by atoms with Crippen LogP contribution in [0.2, 0.25) is 0 Å². The van der Waals surface area contributed by atoms with Gasteiger partial charge >= 0.3 is 5.97 Å². The number of aromatic carboxylic acids is 1. The van der Waals surface area contributed by atoms with Gasteiger partial charge in [0.25, 0.3) is 6.01 Å². The van der Waals surface area contributed by atoms with Crippen LogP contribution in [-0.4, -0.2) is 39.9 Å². The molecule has 3 rings (SSSR count). The molecule has 1 N–H and O–H groups in total. The van der Waals surface area contributed by atoms with Crippen molar-refractivity contribution < 1.29 is 19.1 Å². The van der Waals surface area contributed by atoms with E-state index in [0.717, 1.165) is 19.1 Å². The van der Waals surface area contributed by atoms with Gasteiger partial charge in [-0.15, -0.1) is 0 Å². The molecule has 114 valence electrons. The van der Waals surface area contributed by atoms with E-state index in [9.17, 15) is 9.59 Å². The van der Waals surface area contributed by atoms with Gasteiger partial charge in [-0.05, 0) is 25.0 Å². The number of hydrogen-bond acceptors (Lipinski definition) is 6. The predicted octanol–water partition coefficient (Wildman–Crippen LogP) is 1.87. The van der Waals surface area contributed by atoms with E-state index in [0.29, 0.717) is 18.8 Å². The number of anilines is 1. The zero-order chi connectivity index (χ0) is 15.5. The third-order valence-corrected chi connectivity index (χ3v) is 3.69. The predicted molar refractivity (Wildman–Crippen MR) is 77.0 cm³/mol. The van der Waals surface area contributed by atoms with E-state index in [1.165, 1.54) is 0 Å². The van der Waals surface area contributed by atoms with Gasteiger partial charge in [-0.25, -0.2) is 4.79 Å². The Bertz CT molecular complexity index is 683. The van der Waals surface area contributed by atoms with Crippen LogP contribution in [0.25, 0.3) is 0 Å². The second kappa shape index (κ2) is 5.97. The topological polar surface area (TPSA) is 96.5 Å². The molecule has 3 heterocycles. The van der Waals surface area contributed by atoms with Gasteiger partial charge in [-0.2, -0.15) is 4.98 Å². The van der Waals surface area contributed by atoms with Crippen LogP contribution < -0.4 is 4.90 Å². The molecule has 1 aliphatic heterocycles. The minimum Gasteiger partial charge on any atom is -0.476 e. The van der Waals surface area contributed by atoms with Crippen LogP contribution in [0.4, 0.5) is 6.01 Å². The first-order valence-electron chi connectivity index (χ1n) is 7.04. The van der Waals surface area contributed by atoms with Crippen molar-refractivity contribution in [3.8, 4) is 0 Å². The fraction of sp³-hybridized carbons (Fsp3) is 0.333. The van der Waals surface area contributed by atoms with Crippen LogP contribution in [0.3, 0.4) is 0 Å². The number of aromatic nitrogens is 2. The average molecular weight is 301 g/mol. The molecule has 1 fully saturated rings. The molecular weight excluding hydrogens is 286 g/mol. The average Bonchev–Trinajstić information content (AvgIpc) is 3.05. The van der Waals surface area contributed by atoms with Crippen LogP contribution in [0, 0.1) is 5.92 Å². The van der Waals surface area contributed by atoms with E-state index in [2.05, 4.69) is 9.97 Å². The van der Waals surface area contributed by atoms with Gasteiger partial charge in [0, 0.05) is 25.2 Å². The second-order valence-electron chi connectivity index (χ2n) is 5.18. The molecular formula is C15H15N3O4. The van der Waals surface area contributed by atoms with E-state index >= 15 is 0 Å². The monoisotopic (exact) mass is 301 g/mol. The standard InChI is InChI=1S/C15H15N3O4/c19-13(11-5-1-2-6-16-11)10-4-3-7-18(8-10)15-17-12(9-22-15)14(20)21/h1-2,5-6,9-10H,3-4,7-8H2,(H,20,21). The number of Topliss-reactive ketones (excluding diaryl/α,β-unsaturated/α-hetero) is 1. The number of rotatable bonds is 4. The summed E-state index contributed by atoms with van der Waals surface area (Å²) in [5, 5.41) is 8.88. The van der Waals surface area contributed by atoms with Crippen molar-refractivity contribution >= 4 is 17.8 Å². The molecule has 1 aliphatic rings. The summed E-state index contributed by atoms with van der Waals surface area (Å²) in [6, 6.07) is 5.50. The number of carboxylic acid groups (broad SMARTS) is 1. The van der Waals surface area contributed by atoms with Crippen LogP contribution in [0.1, 0.15) is 33.8 Å². The Labute approximate surface area is 126 Å². The zero-order valence-electron chi connectivity index (χ0n) is 11.8. The maximum atomic E-state index is 12.5. The number of nitrogens with zero attached hydrogens (tertiary/aromatic N) is 3. The fourth-order valence-electron chi connectivity index (χ4n) is 2.59. The summed E-state index contributed by atoms with van der Waals surface area (Å²) in [5.74, 6) is -1.33. The molecule has 2 aromatic rings. The van der Waals surface area contributed by atoms with Gasteiger partial charge < -0.3 is 14.4 Å². The molecule has 1 saturated heterocycles. The minimum absolute atomic E-state index is 0.00434. The Morgan fingerprint density at radius 2 is 2.18 bits per heavy atom. The SMILES string of the molecule is O=C(O)c1coc(N2CCCC(C(=O)c3ccccn3)C2)n1. The third kappa shape index (κ3) is 2.83. The highest BCUT2D eigenvalue weighted by molar-refractivity contribution is 5.96. The number of hydrogen-bond donors (Lipinski definition) is 1. The van der Waals surface area contributed by atoms with Crippen LogP contribution >= 0.6 is 0 Å². The number of carbonyl (C=O) groups excluding carboxylic acids is 1. The molecule has 2 aromatic heterocycles. The first-order chi connectivity index (χ1) is 10.6. The van der Waals surface area contributed by atoms with Gasteiger partial charge in [-0.3, -0.25) is 9.78 Å². The molecule has 0 saturated carbocycles. The lowest BCUT2D eigenvalue weighted by molar-refractivity contribution is 0.0690. The maximum absolute atomic E-state index is 12.5. The highest BCUT2D eigenvalue weighted by Crippen LogP contribution is 2.24. The normalized spacial score (nSPS) is 18.2. The van der Waals surface area contributed by atoms with Crippen molar-refractivity contribution in [1.82, 2.24) is 9.97 Å². The molecule has 7 nitrogen and oxygen atoms in total. The highest BCUT2D eigenvalue weighted by Gasteiger charge is 2.29. The largest absolute Gasteiger partial charge is 0.476 e. The van der Waals surface area contributed by atoms with Gasteiger partial charge in [0.15, 0.2) is 11.5 Å². The Morgan fingerprint density at radius 3 is 2.86 bits per heavy atom. The molecule has 0 bridgehead atoms. The summed E-state index contributed by atoms with van der Waals surface area (Å²) in [5.41, 5.74) is 0.321. The van der Waals surface area contributed by atoms with Gasteiger partial charge in [0.2, 0.25) is 0 Å². The fourth-order valence-corrected chi connectivity index (χ4v) is 2.59. The van der Waals surface area contributed by atoms with Crippen molar-refractivity contribution in [2.75, 3.05) is 18.0 Å². The number of piperidine rings is 1. The molecule has 0 amide bonds. The molecule has 1 atom stereocenters. The van der Waals surface area contributed by atoms with Crippen LogP contribution in [0.15, 0.2) is 35.1 Å². The Kier molecular flexibility index (Phi) is 3.86. The number of ketones is 1. The smallest absolute Gasteiger partial charge is 0.357 e. The Morgan fingerprint density at radius 1 is 1.32 bits per heavy atom. The van der Waals surface area contributed by atoms with Gasteiger partial charge in [0.1, 0.15) is 12.0 Å². The van der Waals surface area contributed by atoms with Crippen molar-refractivity contribution in [2.24, 2.45) is 5.92 Å². The molecule has 0 aliphatic carbocycles. The maximum Gasteiger partial charge on any atom is 0.357 e. The summed E-state index contributed by atoms with van der Waals surface area (Å²) in [6.07, 6.45) is 4.30. The molecule has 7 heteroatoms. The summed E-state index contributed by atoms with van der Waals surface area (Å²) in [4.78, 5) is 33.1. The first-order valence-corrected chi connectivity index (χ1v) is 7.04. The van der Waals surface area contributed by atoms with Crippen molar-refractivity contribution in [3.63, 3.8) is 0 Å².